The van der Waals surface area contributed by atoms with E-state index in [0.29, 0.717) is 24.3 Å². The zero-order chi connectivity index (χ0) is 22.7. The fourth-order valence-electron chi connectivity index (χ4n) is 3.74. The first kappa shape index (κ1) is 22.5. The van der Waals surface area contributed by atoms with Crippen molar-refractivity contribution in [1.82, 2.24) is 5.32 Å². The molecule has 0 radical (unpaired) electrons. The van der Waals surface area contributed by atoms with E-state index in [-0.39, 0.29) is 55.4 Å². The van der Waals surface area contributed by atoms with E-state index in [2.05, 4.69) is 5.32 Å². The number of esters is 1. The molecule has 0 saturated carbocycles. The van der Waals surface area contributed by atoms with Crippen molar-refractivity contribution in [3.8, 4) is 5.75 Å². The molecule has 0 aliphatic carbocycles. The molecule has 3 rings (SSSR count). The maximum Gasteiger partial charge on any atom is 0.342 e. The number of amides is 2. The number of Topliss-reactive ketones (excluding diaryl/α,β-unsaturated/α-hetero) is 3. The first-order valence-electron chi connectivity index (χ1n) is 10.4. The molecule has 1 saturated heterocycles. The van der Waals surface area contributed by atoms with Crippen LogP contribution in [0.1, 0.15) is 55.5 Å². The molecule has 1 aromatic carbocycles. The first-order chi connectivity index (χ1) is 14.7. The van der Waals surface area contributed by atoms with E-state index in [4.69, 9.17) is 4.74 Å². The van der Waals surface area contributed by atoms with Gasteiger partial charge < -0.3 is 15.2 Å². The summed E-state index contributed by atoms with van der Waals surface area (Å²) in [5, 5.41) is 13.3. The van der Waals surface area contributed by atoms with E-state index in [0.717, 1.165) is 0 Å². The molecule has 0 bridgehead atoms. The molecule has 2 aliphatic heterocycles. The second kappa shape index (κ2) is 9.28. The number of ether oxygens (including phenoxy) is 1. The van der Waals surface area contributed by atoms with Gasteiger partial charge in [0.15, 0.2) is 0 Å². The van der Waals surface area contributed by atoms with E-state index >= 15 is 0 Å². The molecular weight excluding hydrogens is 404 g/mol. The van der Waals surface area contributed by atoms with Crippen LogP contribution in [-0.4, -0.2) is 53.7 Å². The third kappa shape index (κ3) is 4.92. The topological polar surface area (TPSA) is 130 Å². The minimum atomic E-state index is -1.00. The van der Waals surface area contributed by atoms with Crippen LogP contribution in [0.2, 0.25) is 0 Å². The van der Waals surface area contributed by atoms with E-state index < -0.39 is 29.4 Å². The van der Waals surface area contributed by atoms with Crippen molar-refractivity contribution < 1.29 is 33.8 Å². The van der Waals surface area contributed by atoms with Gasteiger partial charge in [0, 0.05) is 37.7 Å². The van der Waals surface area contributed by atoms with Crippen molar-refractivity contribution in [2.75, 3.05) is 18.0 Å². The van der Waals surface area contributed by atoms with Crippen molar-refractivity contribution in [3.63, 3.8) is 0 Å². The Hall–Kier alpha value is -3.23. The quantitative estimate of drug-likeness (QED) is 0.514. The summed E-state index contributed by atoms with van der Waals surface area (Å²) in [7, 11) is 0. The van der Waals surface area contributed by atoms with Crippen molar-refractivity contribution in [2.24, 2.45) is 5.92 Å². The van der Waals surface area contributed by atoms with Gasteiger partial charge in [-0.25, -0.2) is 9.59 Å². The lowest BCUT2D eigenvalue weighted by Gasteiger charge is -2.23. The molecule has 9 heteroatoms. The number of nitrogens with zero attached hydrogens (tertiary/aromatic N) is 1. The molecule has 2 heterocycles. The number of rotatable bonds is 1. The van der Waals surface area contributed by atoms with Gasteiger partial charge in [-0.15, -0.1) is 0 Å². The van der Waals surface area contributed by atoms with Crippen LogP contribution in [0.15, 0.2) is 12.1 Å². The average molecular weight is 430 g/mol. The molecule has 2 atom stereocenters. The van der Waals surface area contributed by atoms with Gasteiger partial charge in [-0.1, -0.05) is 6.92 Å². The Labute approximate surface area is 179 Å². The summed E-state index contributed by atoms with van der Waals surface area (Å²) in [5.41, 5.74) is 0.802. The maximum absolute atomic E-state index is 12.9. The number of benzene rings is 1. The van der Waals surface area contributed by atoms with Gasteiger partial charge >= 0.3 is 12.0 Å². The Bertz CT molecular complexity index is 940. The lowest BCUT2D eigenvalue weighted by atomic mass is 9.94. The number of carbonyl (C=O) groups excluding carboxylic acids is 5. The van der Waals surface area contributed by atoms with Crippen LogP contribution in [0.3, 0.4) is 0 Å². The molecule has 0 aromatic heterocycles. The van der Waals surface area contributed by atoms with E-state index in [1.807, 2.05) is 0 Å². The van der Waals surface area contributed by atoms with E-state index in [1.165, 1.54) is 11.0 Å². The highest BCUT2D eigenvalue weighted by Crippen LogP contribution is 2.32. The number of hydrogen-bond acceptors (Lipinski definition) is 7. The summed E-state index contributed by atoms with van der Waals surface area (Å²) in [4.78, 5) is 62.5. The number of phenols is 1. The van der Waals surface area contributed by atoms with Gasteiger partial charge in [0.1, 0.15) is 17.4 Å². The van der Waals surface area contributed by atoms with Gasteiger partial charge in [0.2, 0.25) is 11.6 Å². The zero-order valence-electron chi connectivity index (χ0n) is 17.6. The average Bonchev–Trinajstić information content (AvgIpc) is 3.15. The number of ketones is 3. The van der Waals surface area contributed by atoms with Crippen LogP contribution >= 0.6 is 0 Å². The number of fused-ring (bicyclic) bond motifs is 1. The summed E-state index contributed by atoms with van der Waals surface area (Å²) >= 11 is 0. The molecule has 1 aromatic rings. The Kier molecular flexibility index (Phi) is 6.72. The number of urea groups is 1. The Morgan fingerprint density at radius 2 is 1.74 bits per heavy atom. The number of phenolic OH excluding ortho intramolecular Hbond substituents is 1. The molecular formula is C22H26N2O7. The minimum Gasteiger partial charge on any atom is -0.507 e. The van der Waals surface area contributed by atoms with Gasteiger partial charge in [0.05, 0.1) is 0 Å². The molecule has 0 spiro atoms. The number of aryl methyl sites for hydroxylation is 1. The summed E-state index contributed by atoms with van der Waals surface area (Å²) in [5.74, 6) is -3.76. The van der Waals surface area contributed by atoms with E-state index in [1.54, 1.807) is 19.9 Å². The highest BCUT2D eigenvalue weighted by atomic mass is 16.5. The molecule has 2 aliphatic rings. The number of hydrogen-bond donors (Lipinski definition) is 2. The predicted octanol–water partition coefficient (Wildman–Crippen LogP) is 1.93. The van der Waals surface area contributed by atoms with Crippen LogP contribution in [0.5, 0.6) is 5.75 Å². The summed E-state index contributed by atoms with van der Waals surface area (Å²) in [6.45, 7) is 4.31. The van der Waals surface area contributed by atoms with Crippen LogP contribution in [-0.2, 0) is 25.5 Å². The summed E-state index contributed by atoms with van der Waals surface area (Å²) < 4.78 is 5.53. The largest absolute Gasteiger partial charge is 0.507 e. The van der Waals surface area contributed by atoms with Gasteiger partial charge in [-0.2, -0.15) is 0 Å². The number of aromatic hydroxyl groups is 1. The van der Waals surface area contributed by atoms with Crippen LogP contribution < -0.4 is 10.2 Å². The number of carbonyl (C=O) groups is 5. The number of nitrogens with one attached hydrogen (secondary N) is 1. The zero-order valence-corrected chi connectivity index (χ0v) is 17.6. The highest BCUT2D eigenvalue weighted by Gasteiger charge is 2.29. The summed E-state index contributed by atoms with van der Waals surface area (Å²) in [6, 6.07) is 2.64. The lowest BCUT2D eigenvalue weighted by molar-refractivity contribution is -0.144. The molecule has 9 nitrogen and oxygen atoms in total. The smallest absolute Gasteiger partial charge is 0.342 e. The first-order valence-corrected chi connectivity index (χ1v) is 10.4. The molecule has 2 amide bonds. The normalized spacial score (nSPS) is 23.8. The number of anilines is 1. The molecule has 31 heavy (non-hydrogen) atoms. The third-order valence-corrected chi connectivity index (χ3v) is 5.83. The Morgan fingerprint density at radius 1 is 1.03 bits per heavy atom. The maximum atomic E-state index is 12.9. The van der Waals surface area contributed by atoms with Gasteiger partial charge in [0.25, 0.3) is 5.78 Å². The Balaban J connectivity index is 1.97. The summed E-state index contributed by atoms with van der Waals surface area (Å²) in [6.07, 6.45) is -0.159. The van der Waals surface area contributed by atoms with Crippen LogP contribution in [0.25, 0.3) is 0 Å². The highest BCUT2D eigenvalue weighted by molar-refractivity contribution is 6.63. The fourth-order valence-corrected chi connectivity index (χ4v) is 3.74. The monoisotopic (exact) mass is 430 g/mol. The predicted molar refractivity (Wildman–Crippen MR) is 110 cm³/mol. The molecule has 0 unspecified atom stereocenters. The minimum absolute atomic E-state index is 0.0192. The van der Waals surface area contributed by atoms with Crippen molar-refractivity contribution in [1.29, 1.82) is 0 Å². The second-order valence-electron chi connectivity index (χ2n) is 8.04. The molecule has 166 valence electrons. The molecule has 1 fully saturated rings. The van der Waals surface area contributed by atoms with Crippen LogP contribution in [0, 0.1) is 5.92 Å². The van der Waals surface area contributed by atoms with Crippen LogP contribution in [0.4, 0.5) is 10.5 Å². The Morgan fingerprint density at radius 3 is 2.42 bits per heavy atom. The third-order valence-electron chi connectivity index (χ3n) is 5.83. The second-order valence-corrected chi connectivity index (χ2v) is 8.04. The van der Waals surface area contributed by atoms with Crippen molar-refractivity contribution in [2.45, 2.75) is 52.1 Å². The SMILES string of the molecule is C[C@@H]1CCC(=O)C(=O)C(=O)CCCc2cc(N3CCNC3=O)cc(O)c2C(=O)O[C@H]1C. The molecule has 2 N–H and O–H groups in total. The number of cyclic esters (lactones) is 1. The van der Waals surface area contributed by atoms with Crippen molar-refractivity contribution >= 4 is 35.0 Å². The fraction of sp³-hybridized carbons (Fsp3) is 0.500. The van der Waals surface area contributed by atoms with Crippen molar-refractivity contribution in [3.05, 3.63) is 23.3 Å². The van der Waals surface area contributed by atoms with E-state index in [9.17, 15) is 29.1 Å². The van der Waals surface area contributed by atoms with Gasteiger partial charge in [-0.05, 0) is 43.7 Å². The lowest BCUT2D eigenvalue weighted by Crippen LogP contribution is -2.29. The van der Waals surface area contributed by atoms with Gasteiger partial charge in [-0.3, -0.25) is 19.3 Å². The standard InChI is InChI=1S/C22H26N2O7/c1-12-6-7-17(26)20(28)16(25)5-3-4-14-10-15(24-9-8-23-22(24)30)11-18(27)19(14)21(29)31-13(12)2/h10-13,27H,3-9H2,1-2H3,(H,23,30)/t12-,13+/m1/s1.